The van der Waals surface area contributed by atoms with Gasteiger partial charge in [-0.2, -0.15) is 0 Å². The fourth-order valence-corrected chi connectivity index (χ4v) is 2.07. The quantitative estimate of drug-likeness (QED) is 0.906. The Morgan fingerprint density at radius 3 is 2.71 bits per heavy atom. The lowest BCUT2D eigenvalue weighted by Gasteiger charge is -2.31. The van der Waals surface area contributed by atoms with Crippen LogP contribution < -0.4 is 5.73 Å². The van der Waals surface area contributed by atoms with E-state index in [0.29, 0.717) is 18.6 Å². The molecule has 0 heterocycles. The summed E-state index contributed by atoms with van der Waals surface area (Å²) in [5, 5.41) is 0. The minimum Gasteiger partial charge on any atom is -0.374 e. The molecule has 2 nitrogen and oxygen atoms in total. The Labute approximate surface area is 110 Å². The van der Waals surface area contributed by atoms with E-state index in [-0.39, 0.29) is 11.9 Å². The fourth-order valence-electron chi connectivity index (χ4n) is 1.66. The second-order valence-corrected chi connectivity index (χ2v) is 5.50. The van der Waals surface area contributed by atoms with Gasteiger partial charge >= 0.3 is 0 Å². The van der Waals surface area contributed by atoms with Gasteiger partial charge in [-0.3, -0.25) is 0 Å². The van der Waals surface area contributed by atoms with Crippen molar-refractivity contribution in [3.05, 3.63) is 34.1 Å². The van der Waals surface area contributed by atoms with Gasteiger partial charge in [0.2, 0.25) is 0 Å². The van der Waals surface area contributed by atoms with Crippen molar-refractivity contribution in [1.82, 2.24) is 0 Å². The third kappa shape index (κ3) is 4.05. The van der Waals surface area contributed by atoms with Gasteiger partial charge in [0.25, 0.3) is 0 Å². The average molecular weight is 304 g/mol. The molecule has 1 atom stereocenters. The Morgan fingerprint density at radius 1 is 1.47 bits per heavy atom. The first-order valence-electron chi connectivity index (χ1n) is 5.70. The van der Waals surface area contributed by atoms with Crippen LogP contribution in [-0.4, -0.2) is 18.2 Å². The number of nitrogens with two attached hydrogens (primary N) is 1. The summed E-state index contributed by atoms with van der Waals surface area (Å²) in [6.45, 7) is 6.38. The van der Waals surface area contributed by atoms with Crippen molar-refractivity contribution in [1.29, 1.82) is 0 Å². The van der Waals surface area contributed by atoms with Gasteiger partial charge in [0.1, 0.15) is 5.82 Å². The molecule has 4 heteroatoms. The predicted molar refractivity (Wildman–Crippen MR) is 71.5 cm³/mol. The van der Waals surface area contributed by atoms with Crippen LogP contribution in [0.2, 0.25) is 0 Å². The number of benzene rings is 1. The molecular formula is C13H19BrFNO. The Hall–Kier alpha value is -0.450. The number of hydrogen-bond acceptors (Lipinski definition) is 2. The summed E-state index contributed by atoms with van der Waals surface area (Å²) in [6, 6.07) is 4.64. The van der Waals surface area contributed by atoms with E-state index in [0.717, 1.165) is 4.47 Å². The first-order valence-corrected chi connectivity index (χ1v) is 6.49. The van der Waals surface area contributed by atoms with E-state index >= 15 is 0 Å². The normalized spacial score (nSPS) is 13.8. The van der Waals surface area contributed by atoms with Crippen LogP contribution in [0.3, 0.4) is 0 Å². The largest absolute Gasteiger partial charge is 0.374 e. The van der Waals surface area contributed by atoms with Gasteiger partial charge in [-0.05, 0) is 51.0 Å². The van der Waals surface area contributed by atoms with E-state index in [1.807, 2.05) is 20.8 Å². The molecule has 0 aromatic heterocycles. The first kappa shape index (κ1) is 14.6. The summed E-state index contributed by atoms with van der Waals surface area (Å²) >= 11 is 3.33. The molecule has 0 bridgehead atoms. The maximum Gasteiger partial charge on any atom is 0.126 e. The van der Waals surface area contributed by atoms with E-state index in [9.17, 15) is 4.39 Å². The third-order valence-electron chi connectivity index (χ3n) is 2.86. The Kier molecular flexibility index (Phi) is 5.10. The van der Waals surface area contributed by atoms with Crippen molar-refractivity contribution in [3.8, 4) is 0 Å². The SMILES string of the molecule is CCOC(C)(C)C(N)Cc1cc(Br)ccc1F. The lowest BCUT2D eigenvalue weighted by atomic mass is 9.93. The van der Waals surface area contributed by atoms with Gasteiger partial charge in [0.15, 0.2) is 0 Å². The zero-order chi connectivity index (χ0) is 13.1. The topological polar surface area (TPSA) is 35.2 Å². The molecule has 0 aliphatic rings. The number of halogens is 2. The summed E-state index contributed by atoms with van der Waals surface area (Å²) in [4.78, 5) is 0. The molecule has 0 aliphatic carbocycles. The highest BCUT2D eigenvalue weighted by Crippen LogP contribution is 2.21. The monoisotopic (exact) mass is 303 g/mol. The fraction of sp³-hybridized carbons (Fsp3) is 0.538. The zero-order valence-electron chi connectivity index (χ0n) is 10.5. The van der Waals surface area contributed by atoms with E-state index in [4.69, 9.17) is 10.5 Å². The maximum atomic E-state index is 13.6. The Balaban J connectivity index is 2.80. The van der Waals surface area contributed by atoms with Crippen molar-refractivity contribution in [2.45, 2.75) is 38.8 Å². The van der Waals surface area contributed by atoms with Gasteiger partial charge in [-0.15, -0.1) is 0 Å². The van der Waals surface area contributed by atoms with E-state index in [2.05, 4.69) is 15.9 Å². The zero-order valence-corrected chi connectivity index (χ0v) is 12.1. The van der Waals surface area contributed by atoms with Crippen LogP contribution in [0, 0.1) is 5.82 Å². The van der Waals surface area contributed by atoms with Gasteiger partial charge in [0.05, 0.1) is 5.60 Å². The summed E-state index contributed by atoms with van der Waals surface area (Å²) in [6.07, 6.45) is 0.457. The maximum absolute atomic E-state index is 13.6. The molecule has 17 heavy (non-hydrogen) atoms. The second-order valence-electron chi connectivity index (χ2n) is 4.58. The number of hydrogen-bond donors (Lipinski definition) is 1. The van der Waals surface area contributed by atoms with E-state index in [1.165, 1.54) is 6.07 Å². The summed E-state index contributed by atoms with van der Waals surface area (Å²) in [5.41, 5.74) is 6.24. The van der Waals surface area contributed by atoms with Crippen LogP contribution in [0.1, 0.15) is 26.3 Å². The second kappa shape index (κ2) is 5.94. The van der Waals surface area contributed by atoms with Crippen LogP contribution >= 0.6 is 15.9 Å². The molecule has 0 amide bonds. The standard InChI is InChI=1S/C13H19BrFNO/c1-4-17-13(2,3)12(16)8-9-7-10(14)5-6-11(9)15/h5-7,12H,4,8,16H2,1-3H3. The minimum absolute atomic E-state index is 0.226. The Bertz CT molecular complexity index is 382. The predicted octanol–water partition coefficient (Wildman–Crippen LogP) is 3.27. The number of ether oxygens (including phenoxy) is 1. The molecule has 0 saturated carbocycles. The van der Waals surface area contributed by atoms with E-state index in [1.54, 1.807) is 12.1 Å². The highest BCUT2D eigenvalue weighted by Gasteiger charge is 2.27. The highest BCUT2D eigenvalue weighted by molar-refractivity contribution is 9.10. The van der Waals surface area contributed by atoms with Gasteiger partial charge in [-0.1, -0.05) is 15.9 Å². The van der Waals surface area contributed by atoms with Gasteiger partial charge in [0, 0.05) is 17.1 Å². The molecule has 2 N–H and O–H groups in total. The van der Waals surface area contributed by atoms with Crippen molar-refractivity contribution in [2.75, 3.05) is 6.61 Å². The smallest absolute Gasteiger partial charge is 0.126 e. The number of rotatable bonds is 5. The van der Waals surface area contributed by atoms with E-state index < -0.39 is 5.60 Å². The molecule has 0 spiro atoms. The van der Waals surface area contributed by atoms with Crippen LogP contribution in [0.4, 0.5) is 4.39 Å². The Morgan fingerprint density at radius 2 is 2.12 bits per heavy atom. The van der Waals surface area contributed by atoms with Crippen molar-refractivity contribution in [2.24, 2.45) is 5.73 Å². The van der Waals surface area contributed by atoms with Crippen molar-refractivity contribution >= 4 is 15.9 Å². The van der Waals surface area contributed by atoms with Gasteiger partial charge in [-0.25, -0.2) is 4.39 Å². The molecular weight excluding hydrogens is 285 g/mol. The van der Waals surface area contributed by atoms with Crippen molar-refractivity contribution in [3.63, 3.8) is 0 Å². The summed E-state index contributed by atoms with van der Waals surface area (Å²) in [5.74, 6) is -0.226. The first-order chi connectivity index (χ1) is 7.86. The molecule has 0 radical (unpaired) electrons. The third-order valence-corrected chi connectivity index (χ3v) is 3.35. The molecule has 96 valence electrons. The molecule has 1 aromatic carbocycles. The van der Waals surface area contributed by atoms with Crippen LogP contribution in [-0.2, 0) is 11.2 Å². The molecule has 0 saturated heterocycles. The average Bonchev–Trinajstić information content (AvgIpc) is 2.23. The molecule has 1 rings (SSSR count). The van der Waals surface area contributed by atoms with Crippen LogP contribution in [0.5, 0.6) is 0 Å². The molecule has 1 unspecified atom stereocenters. The van der Waals surface area contributed by atoms with Gasteiger partial charge < -0.3 is 10.5 Å². The lowest BCUT2D eigenvalue weighted by molar-refractivity contribution is -0.0289. The minimum atomic E-state index is -0.455. The van der Waals surface area contributed by atoms with Crippen molar-refractivity contribution < 1.29 is 9.13 Å². The van der Waals surface area contributed by atoms with Crippen LogP contribution in [0.15, 0.2) is 22.7 Å². The van der Waals surface area contributed by atoms with Crippen LogP contribution in [0.25, 0.3) is 0 Å². The highest BCUT2D eigenvalue weighted by atomic mass is 79.9. The molecule has 0 aliphatic heterocycles. The summed E-state index contributed by atoms with van der Waals surface area (Å²) in [7, 11) is 0. The lowest BCUT2D eigenvalue weighted by Crippen LogP contribution is -2.46. The summed E-state index contributed by atoms with van der Waals surface area (Å²) < 4.78 is 20.0. The molecule has 1 aromatic rings. The molecule has 0 fully saturated rings.